The maximum atomic E-state index is 5.11. The van der Waals surface area contributed by atoms with Crippen molar-refractivity contribution in [2.24, 2.45) is 0 Å². The Hall–Kier alpha value is -0.383. The summed E-state index contributed by atoms with van der Waals surface area (Å²) in [6.45, 7) is 4.01. The van der Waals surface area contributed by atoms with Crippen LogP contribution in [0.4, 0.5) is 0 Å². The van der Waals surface area contributed by atoms with Crippen LogP contribution in [0.5, 0.6) is 5.75 Å². The Bertz CT molecular complexity index is 233. The number of benzene rings is 1. The van der Waals surface area contributed by atoms with E-state index >= 15 is 0 Å². The summed E-state index contributed by atoms with van der Waals surface area (Å²) in [7, 11) is 1.68. The second kappa shape index (κ2) is 4.49. The maximum absolute atomic E-state index is 5.11. The number of ether oxygens (including phenoxy) is 1. The minimum absolute atomic E-state index is 0. The van der Waals surface area contributed by atoms with E-state index in [4.69, 9.17) is 4.74 Å². The smallest absolute Gasteiger partial charge is 0.522 e. The average Bonchev–Trinajstić information content (AvgIpc) is 1.94. The Balaban J connectivity index is 0.000001000. The van der Waals surface area contributed by atoms with Crippen molar-refractivity contribution in [1.29, 1.82) is 0 Å². The van der Waals surface area contributed by atoms with E-state index in [1.165, 1.54) is 0 Å². The number of hydrogen-bond acceptors (Lipinski definition) is 1. The van der Waals surface area contributed by atoms with Crippen LogP contribution in [0, 0.1) is 19.9 Å². The molecule has 0 N–H and O–H groups in total. The van der Waals surface area contributed by atoms with E-state index in [2.05, 4.69) is 6.07 Å². The van der Waals surface area contributed by atoms with Gasteiger partial charge in [0, 0.05) is 5.75 Å². The summed E-state index contributed by atoms with van der Waals surface area (Å²) < 4.78 is 5.11. The molecular formula is C9H11LiO. The number of rotatable bonds is 1. The molecule has 0 radical (unpaired) electrons. The van der Waals surface area contributed by atoms with Crippen molar-refractivity contribution in [2.75, 3.05) is 7.11 Å². The Morgan fingerprint density at radius 2 is 2.00 bits per heavy atom. The molecule has 0 bridgehead atoms. The van der Waals surface area contributed by atoms with Crippen LogP contribution in [0.1, 0.15) is 11.1 Å². The monoisotopic (exact) mass is 142 g/mol. The number of methoxy groups -OCH3 is 1. The first kappa shape index (κ1) is 10.6. The second-order valence-electron chi connectivity index (χ2n) is 2.37. The third kappa shape index (κ3) is 2.61. The van der Waals surface area contributed by atoms with Crippen LogP contribution in [-0.4, -0.2) is 7.11 Å². The minimum Gasteiger partial charge on any atom is -0.522 e. The molecule has 0 atom stereocenters. The van der Waals surface area contributed by atoms with Gasteiger partial charge in [0.25, 0.3) is 0 Å². The molecule has 0 amide bonds. The largest absolute Gasteiger partial charge is 1.00 e. The molecule has 54 valence electrons. The topological polar surface area (TPSA) is 9.23 Å². The Morgan fingerprint density at radius 1 is 1.36 bits per heavy atom. The van der Waals surface area contributed by atoms with E-state index in [0.29, 0.717) is 0 Å². The fourth-order valence-corrected chi connectivity index (χ4v) is 0.865. The first-order chi connectivity index (χ1) is 4.74. The number of aryl methyl sites for hydroxylation is 2. The summed E-state index contributed by atoms with van der Waals surface area (Å²) in [4.78, 5) is 0. The molecule has 0 heterocycles. The molecule has 0 spiro atoms. The summed E-state index contributed by atoms with van der Waals surface area (Å²) in [5, 5.41) is 0. The SMILES string of the molecule is COc1cc(C)[c-]cc1C.[Li+]. The van der Waals surface area contributed by atoms with Gasteiger partial charge in [0.2, 0.25) is 0 Å². The molecule has 0 fully saturated rings. The van der Waals surface area contributed by atoms with Gasteiger partial charge >= 0.3 is 18.9 Å². The maximum Gasteiger partial charge on any atom is 1.00 e. The summed E-state index contributed by atoms with van der Waals surface area (Å²) in [6, 6.07) is 7.01. The van der Waals surface area contributed by atoms with Crippen molar-refractivity contribution in [2.45, 2.75) is 13.8 Å². The average molecular weight is 142 g/mol. The molecule has 1 aromatic carbocycles. The van der Waals surface area contributed by atoms with Crippen molar-refractivity contribution >= 4 is 0 Å². The summed E-state index contributed by atoms with van der Waals surface area (Å²) in [5.41, 5.74) is 2.25. The quantitative estimate of drug-likeness (QED) is 0.365. The van der Waals surface area contributed by atoms with Crippen molar-refractivity contribution < 1.29 is 23.6 Å². The Morgan fingerprint density at radius 3 is 2.45 bits per heavy atom. The van der Waals surface area contributed by atoms with Crippen molar-refractivity contribution in [3.05, 3.63) is 29.3 Å². The molecule has 0 aliphatic heterocycles. The van der Waals surface area contributed by atoms with Crippen molar-refractivity contribution in [1.82, 2.24) is 0 Å². The van der Waals surface area contributed by atoms with Crippen LogP contribution < -0.4 is 23.6 Å². The standard InChI is InChI=1S/C9H11O.Li/c1-7-4-5-8(2)9(6-7)10-3;/h5-6H,1-3H3;/q-1;+1. The first-order valence-corrected chi connectivity index (χ1v) is 3.27. The van der Waals surface area contributed by atoms with Crippen LogP contribution in [0.25, 0.3) is 0 Å². The zero-order valence-corrected chi connectivity index (χ0v) is 7.56. The van der Waals surface area contributed by atoms with Crippen LogP contribution in [0.15, 0.2) is 12.1 Å². The van der Waals surface area contributed by atoms with E-state index in [9.17, 15) is 0 Å². The summed E-state index contributed by atoms with van der Waals surface area (Å²) in [6.07, 6.45) is 0. The van der Waals surface area contributed by atoms with Gasteiger partial charge in [0.05, 0.1) is 7.11 Å². The molecule has 0 aliphatic rings. The third-order valence-corrected chi connectivity index (χ3v) is 1.47. The fraction of sp³-hybridized carbons (Fsp3) is 0.333. The van der Waals surface area contributed by atoms with E-state index in [1.807, 2.05) is 26.0 Å². The predicted octanol–water partition coefficient (Wildman–Crippen LogP) is -0.884. The molecule has 0 saturated carbocycles. The van der Waals surface area contributed by atoms with Gasteiger partial charge in [-0.15, -0.1) is 11.6 Å². The number of hydrogen-bond donors (Lipinski definition) is 0. The van der Waals surface area contributed by atoms with Gasteiger partial charge in [-0.25, -0.2) is 0 Å². The molecule has 1 aromatic rings. The van der Waals surface area contributed by atoms with E-state index in [1.54, 1.807) is 7.11 Å². The van der Waals surface area contributed by atoms with Gasteiger partial charge in [-0.2, -0.15) is 17.7 Å². The molecule has 0 aliphatic carbocycles. The van der Waals surface area contributed by atoms with Gasteiger partial charge in [-0.1, -0.05) is 13.8 Å². The van der Waals surface area contributed by atoms with Crippen molar-refractivity contribution in [3.8, 4) is 5.75 Å². The third-order valence-electron chi connectivity index (χ3n) is 1.47. The molecule has 2 heteroatoms. The fourth-order valence-electron chi connectivity index (χ4n) is 0.865. The minimum atomic E-state index is 0. The van der Waals surface area contributed by atoms with Gasteiger partial charge in [0.15, 0.2) is 0 Å². The van der Waals surface area contributed by atoms with E-state index < -0.39 is 0 Å². The van der Waals surface area contributed by atoms with Crippen molar-refractivity contribution in [3.63, 3.8) is 0 Å². The van der Waals surface area contributed by atoms with Crippen LogP contribution in [0.3, 0.4) is 0 Å². The van der Waals surface area contributed by atoms with Crippen LogP contribution in [0.2, 0.25) is 0 Å². The molecule has 0 saturated heterocycles. The van der Waals surface area contributed by atoms with E-state index in [-0.39, 0.29) is 18.9 Å². The molecule has 1 rings (SSSR count). The molecular weight excluding hydrogens is 131 g/mol. The zero-order chi connectivity index (χ0) is 7.56. The first-order valence-electron chi connectivity index (χ1n) is 3.27. The van der Waals surface area contributed by atoms with Gasteiger partial charge in [0.1, 0.15) is 0 Å². The Kier molecular flexibility index (Phi) is 4.33. The zero-order valence-electron chi connectivity index (χ0n) is 7.56. The van der Waals surface area contributed by atoms with Crippen LogP contribution >= 0.6 is 0 Å². The normalized spacial score (nSPS) is 8.64. The predicted molar refractivity (Wildman–Crippen MR) is 41.3 cm³/mol. The molecule has 11 heavy (non-hydrogen) atoms. The van der Waals surface area contributed by atoms with Gasteiger partial charge in [-0.3, -0.25) is 0 Å². The molecule has 0 unspecified atom stereocenters. The second-order valence-corrected chi connectivity index (χ2v) is 2.37. The Labute approximate surface area is 79.9 Å². The molecule has 0 aromatic heterocycles. The summed E-state index contributed by atoms with van der Waals surface area (Å²) >= 11 is 0. The molecule has 1 nitrogen and oxygen atoms in total. The van der Waals surface area contributed by atoms with Crippen LogP contribution in [-0.2, 0) is 0 Å². The van der Waals surface area contributed by atoms with E-state index in [0.717, 1.165) is 16.9 Å². The van der Waals surface area contributed by atoms with Gasteiger partial charge in [-0.05, 0) is 0 Å². The van der Waals surface area contributed by atoms with Gasteiger partial charge < -0.3 is 4.74 Å². The summed E-state index contributed by atoms with van der Waals surface area (Å²) in [5.74, 6) is 0.941.